The van der Waals surface area contributed by atoms with Crippen molar-refractivity contribution in [1.82, 2.24) is 5.32 Å². The Bertz CT molecular complexity index is 1060. The van der Waals surface area contributed by atoms with E-state index in [4.69, 9.17) is 0 Å². The van der Waals surface area contributed by atoms with Crippen LogP contribution in [0, 0.1) is 6.92 Å². The van der Waals surface area contributed by atoms with E-state index in [1.165, 1.54) is 18.5 Å². The first kappa shape index (κ1) is 21.6. The number of carbonyl (C=O) groups excluding carboxylic acids is 2. The molecule has 2 amide bonds. The molecule has 0 bridgehead atoms. The Hall–Kier alpha value is -3.60. The Morgan fingerprint density at radius 3 is 2.22 bits per heavy atom. The average molecular weight is 428 g/mol. The van der Waals surface area contributed by atoms with E-state index in [0.29, 0.717) is 12.0 Å². The number of carbonyl (C=O) groups is 2. The zero-order valence-electron chi connectivity index (χ0n) is 18.4. The molecule has 5 heteroatoms. The number of hydrogen-bond acceptors (Lipinski definition) is 3. The standard InChI is InChI=1S/C27H29N3O2/c1-20-18-23(30-16-8-9-17-30)14-15-24(20)28-27(32)25(19-21-10-4-2-5-11-21)29-26(31)22-12-6-3-7-13-22/h2-7,10-15,18,25H,8-9,16-17,19H2,1H3,(H,28,32)(H,29,31)/t25-/m1/s1. The van der Waals surface area contributed by atoms with Gasteiger partial charge >= 0.3 is 0 Å². The van der Waals surface area contributed by atoms with Crippen LogP contribution in [0.25, 0.3) is 0 Å². The summed E-state index contributed by atoms with van der Waals surface area (Å²) < 4.78 is 0. The van der Waals surface area contributed by atoms with Crippen LogP contribution in [0.5, 0.6) is 0 Å². The van der Waals surface area contributed by atoms with Gasteiger partial charge in [-0.25, -0.2) is 0 Å². The van der Waals surface area contributed by atoms with E-state index < -0.39 is 6.04 Å². The van der Waals surface area contributed by atoms with Gasteiger partial charge in [-0.1, -0.05) is 48.5 Å². The molecule has 3 aromatic carbocycles. The minimum Gasteiger partial charge on any atom is -0.372 e. The lowest BCUT2D eigenvalue weighted by Crippen LogP contribution is -2.45. The molecule has 0 aromatic heterocycles. The molecular formula is C27H29N3O2. The highest BCUT2D eigenvalue weighted by Gasteiger charge is 2.23. The van der Waals surface area contributed by atoms with E-state index in [2.05, 4.69) is 27.7 Å². The zero-order valence-corrected chi connectivity index (χ0v) is 18.4. The van der Waals surface area contributed by atoms with Crippen LogP contribution < -0.4 is 15.5 Å². The van der Waals surface area contributed by atoms with Crippen LogP contribution in [0.4, 0.5) is 11.4 Å². The summed E-state index contributed by atoms with van der Waals surface area (Å²) in [7, 11) is 0. The second-order valence-electron chi connectivity index (χ2n) is 8.26. The smallest absolute Gasteiger partial charge is 0.251 e. The average Bonchev–Trinajstić information content (AvgIpc) is 3.36. The largest absolute Gasteiger partial charge is 0.372 e. The molecule has 0 aliphatic carbocycles. The van der Waals surface area contributed by atoms with E-state index in [9.17, 15) is 9.59 Å². The van der Waals surface area contributed by atoms with Crippen molar-refractivity contribution in [3.8, 4) is 0 Å². The molecule has 32 heavy (non-hydrogen) atoms. The van der Waals surface area contributed by atoms with Crippen molar-refractivity contribution in [2.75, 3.05) is 23.3 Å². The second kappa shape index (κ2) is 10.1. The molecule has 3 aromatic rings. The lowest BCUT2D eigenvalue weighted by molar-refractivity contribution is -0.118. The topological polar surface area (TPSA) is 61.4 Å². The van der Waals surface area contributed by atoms with Gasteiger partial charge in [-0.2, -0.15) is 0 Å². The van der Waals surface area contributed by atoms with Crippen molar-refractivity contribution in [2.45, 2.75) is 32.2 Å². The Kier molecular flexibility index (Phi) is 6.85. The van der Waals surface area contributed by atoms with Gasteiger partial charge < -0.3 is 15.5 Å². The summed E-state index contributed by atoms with van der Waals surface area (Å²) >= 11 is 0. The molecule has 164 valence electrons. The van der Waals surface area contributed by atoms with Crippen molar-refractivity contribution in [2.24, 2.45) is 0 Å². The van der Waals surface area contributed by atoms with Gasteiger partial charge in [0.15, 0.2) is 0 Å². The molecule has 1 aliphatic heterocycles. The van der Waals surface area contributed by atoms with Gasteiger partial charge in [0.2, 0.25) is 5.91 Å². The van der Waals surface area contributed by atoms with E-state index in [1.807, 2.05) is 61.5 Å². The molecule has 1 heterocycles. The zero-order chi connectivity index (χ0) is 22.3. The molecule has 5 nitrogen and oxygen atoms in total. The molecule has 0 saturated carbocycles. The van der Waals surface area contributed by atoms with Gasteiger partial charge in [0.25, 0.3) is 5.91 Å². The SMILES string of the molecule is Cc1cc(N2CCCC2)ccc1NC(=O)[C@@H](Cc1ccccc1)NC(=O)c1ccccc1. The Morgan fingerprint density at radius 2 is 1.56 bits per heavy atom. The van der Waals surface area contributed by atoms with Crippen LogP contribution in [0.15, 0.2) is 78.9 Å². The number of amides is 2. The molecule has 1 saturated heterocycles. The van der Waals surface area contributed by atoms with Gasteiger partial charge in [-0.05, 0) is 61.2 Å². The van der Waals surface area contributed by atoms with Crippen LogP contribution in [0.1, 0.15) is 34.3 Å². The van der Waals surface area contributed by atoms with Crippen molar-refractivity contribution >= 4 is 23.2 Å². The highest BCUT2D eigenvalue weighted by Crippen LogP contribution is 2.25. The van der Waals surface area contributed by atoms with Gasteiger partial charge in [0.1, 0.15) is 6.04 Å². The minimum atomic E-state index is -0.692. The quantitative estimate of drug-likeness (QED) is 0.580. The number of rotatable bonds is 7. The van der Waals surface area contributed by atoms with E-state index in [1.54, 1.807) is 12.1 Å². The fourth-order valence-corrected chi connectivity index (χ4v) is 4.07. The van der Waals surface area contributed by atoms with Crippen molar-refractivity contribution in [3.63, 3.8) is 0 Å². The van der Waals surface area contributed by atoms with Gasteiger partial charge in [-0.3, -0.25) is 9.59 Å². The van der Waals surface area contributed by atoms with Crippen molar-refractivity contribution in [1.29, 1.82) is 0 Å². The summed E-state index contributed by atoms with van der Waals surface area (Å²) in [5.74, 6) is -0.488. The van der Waals surface area contributed by atoms with Gasteiger partial charge in [-0.15, -0.1) is 0 Å². The molecular weight excluding hydrogens is 398 g/mol. The first-order valence-electron chi connectivity index (χ1n) is 11.2. The monoisotopic (exact) mass is 427 g/mol. The number of aryl methyl sites for hydroxylation is 1. The van der Waals surface area contributed by atoms with E-state index in [-0.39, 0.29) is 11.8 Å². The number of nitrogens with zero attached hydrogens (tertiary/aromatic N) is 1. The molecule has 0 radical (unpaired) electrons. The highest BCUT2D eigenvalue weighted by molar-refractivity contribution is 6.01. The van der Waals surface area contributed by atoms with Crippen LogP contribution in [0.3, 0.4) is 0 Å². The third kappa shape index (κ3) is 5.35. The second-order valence-corrected chi connectivity index (χ2v) is 8.26. The van der Waals surface area contributed by atoms with Crippen LogP contribution in [-0.2, 0) is 11.2 Å². The molecule has 1 atom stereocenters. The third-order valence-electron chi connectivity index (χ3n) is 5.88. The lowest BCUT2D eigenvalue weighted by atomic mass is 10.0. The Morgan fingerprint density at radius 1 is 0.906 bits per heavy atom. The molecule has 4 rings (SSSR count). The predicted molar refractivity (Wildman–Crippen MR) is 129 cm³/mol. The van der Waals surface area contributed by atoms with Gasteiger partial charge in [0, 0.05) is 36.4 Å². The maximum atomic E-state index is 13.2. The Balaban J connectivity index is 1.50. The predicted octanol–water partition coefficient (Wildman–Crippen LogP) is 4.58. The van der Waals surface area contributed by atoms with E-state index in [0.717, 1.165) is 29.9 Å². The van der Waals surface area contributed by atoms with Crippen LogP contribution in [-0.4, -0.2) is 30.9 Å². The normalized spacial score (nSPS) is 14.1. The van der Waals surface area contributed by atoms with E-state index >= 15 is 0 Å². The summed E-state index contributed by atoms with van der Waals surface area (Å²) in [5.41, 5.74) is 4.49. The fourth-order valence-electron chi connectivity index (χ4n) is 4.07. The molecule has 2 N–H and O–H groups in total. The summed E-state index contributed by atoms with van der Waals surface area (Å²) in [6, 6.07) is 24.2. The van der Waals surface area contributed by atoms with Crippen molar-refractivity contribution in [3.05, 3.63) is 95.6 Å². The maximum absolute atomic E-state index is 13.2. The molecule has 1 aliphatic rings. The summed E-state index contributed by atoms with van der Waals surface area (Å²) in [6.45, 7) is 4.16. The van der Waals surface area contributed by atoms with Gasteiger partial charge in [0.05, 0.1) is 0 Å². The third-order valence-corrected chi connectivity index (χ3v) is 5.88. The highest BCUT2D eigenvalue weighted by atomic mass is 16.2. The number of nitrogens with one attached hydrogen (secondary N) is 2. The summed E-state index contributed by atoms with van der Waals surface area (Å²) in [5, 5.41) is 5.95. The van der Waals surface area contributed by atoms with Crippen LogP contribution in [0.2, 0.25) is 0 Å². The fraction of sp³-hybridized carbons (Fsp3) is 0.259. The minimum absolute atomic E-state index is 0.227. The molecule has 0 unspecified atom stereocenters. The number of anilines is 2. The maximum Gasteiger partial charge on any atom is 0.251 e. The first-order chi connectivity index (χ1) is 15.6. The summed E-state index contributed by atoms with van der Waals surface area (Å²) in [4.78, 5) is 28.4. The number of benzene rings is 3. The molecule has 1 fully saturated rings. The molecule has 0 spiro atoms. The summed E-state index contributed by atoms with van der Waals surface area (Å²) in [6.07, 6.45) is 2.86. The first-order valence-corrected chi connectivity index (χ1v) is 11.2. The lowest BCUT2D eigenvalue weighted by Gasteiger charge is -2.21. The Labute approximate surface area is 189 Å². The van der Waals surface area contributed by atoms with Crippen molar-refractivity contribution < 1.29 is 9.59 Å². The number of hydrogen-bond donors (Lipinski definition) is 2. The van der Waals surface area contributed by atoms with Crippen LogP contribution >= 0.6 is 0 Å².